The molecule has 0 bridgehead atoms. The van der Waals surface area contributed by atoms with Crippen LogP contribution in [0.1, 0.15) is 32.1 Å². The number of hydrogen-bond donors (Lipinski definition) is 0. The third-order valence-corrected chi connectivity index (χ3v) is 7.53. The molecule has 3 aliphatic rings. The number of carbonyl (C=O) groups is 1. The zero-order valence-corrected chi connectivity index (χ0v) is 14.8. The van der Waals surface area contributed by atoms with Crippen LogP contribution in [0.3, 0.4) is 0 Å². The van der Waals surface area contributed by atoms with Gasteiger partial charge in [0.1, 0.15) is 0 Å². The van der Waals surface area contributed by atoms with Crippen molar-refractivity contribution in [3.05, 3.63) is 12.5 Å². The lowest BCUT2D eigenvalue weighted by atomic mass is 9.77. The van der Waals surface area contributed by atoms with Crippen molar-refractivity contribution in [2.75, 3.05) is 26.2 Å². The van der Waals surface area contributed by atoms with E-state index < -0.39 is 10.0 Å². The fourth-order valence-corrected chi connectivity index (χ4v) is 5.36. The Balaban J connectivity index is 1.44. The molecule has 3 heterocycles. The van der Waals surface area contributed by atoms with Gasteiger partial charge in [-0.05, 0) is 38.0 Å². The van der Waals surface area contributed by atoms with E-state index in [-0.39, 0.29) is 16.3 Å². The summed E-state index contributed by atoms with van der Waals surface area (Å²) in [6.45, 7) is 2.54. The van der Waals surface area contributed by atoms with Crippen LogP contribution in [0.4, 0.5) is 0 Å². The van der Waals surface area contributed by atoms with Crippen LogP contribution in [-0.2, 0) is 21.9 Å². The number of sulfonamides is 1. The Morgan fingerprint density at radius 1 is 1.21 bits per heavy atom. The van der Waals surface area contributed by atoms with Crippen LogP contribution in [0.15, 0.2) is 17.6 Å². The fourth-order valence-electron chi connectivity index (χ4n) is 3.95. The van der Waals surface area contributed by atoms with Gasteiger partial charge in [0, 0.05) is 39.4 Å². The van der Waals surface area contributed by atoms with Gasteiger partial charge in [-0.2, -0.15) is 4.31 Å². The molecule has 0 unspecified atom stereocenters. The number of imidazole rings is 1. The van der Waals surface area contributed by atoms with E-state index in [4.69, 9.17) is 0 Å². The number of aryl methyl sites for hydroxylation is 1. The predicted molar refractivity (Wildman–Crippen MR) is 87.6 cm³/mol. The number of amides is 1. The predicted octanol–water partition coefficient (Wildman–Crippen LogP) is 0.833. The number of piperidine rings is 1. The van der Waals surface area contributed by atoms with E-state index in [2.05, 4.69) is 4.98 Å². The molecule has 0 atom stereocenters. The van der Waals surface area contributed by atoms with Gasteiger partial charge in [-0.25, -0.2) is 13.4 Å². The summed E-state index contributed by atoms with van der Waals surface area (Å²) in [5.74, 6) is 0.956. The highest BCUT2D eigenvalue weighted by Crippen LogP contribution is 2.43. The number of nitrogens with zero attached hydrogens (tertiary/aromatic N) is 4. The van der Waals surface area contributed by atoms with Gasteiger partial charge in [-0.1, -0.05) is 0 Å². The van der Waals surface area contributed by atoms with Crippen molar-refractivity contribution >= 4 is 15.9 Å². The lowest BCUT2D eigenvalue weighted by Crippen LogP contribution is -2.46. The minimum atomic E-state index is -3.55. The molecule has 7 nitrogen and oxygen atoms in total. The van der Waals surface area contributed by atoms with Crippen molar-refractivity contribution in [1.82, 2.24) is 18.8 Å². The lowest BCUT2D eigenvalue weighted by molar-refractivity contribution is -0.138. The van der Waals surface area contributed by atoms with Gasteiger partial charge in [0.25, 0.3) is 10.0 Å². The molecule has 8 heteroatoms. The summed E-state index contributed by atoms with van der Waals surface area (Å²) in [6, 6.07) is 0. The molecule has 0 aromatic carbocycles. The molecule has 1 aliphatic carbocycles. The molecule has 1 aromatic rings. The van der Waals surface area contributed by atoms with Crippen molar-refractivity contribution < 1.29 is 13.2 Å². The van der Waals surface area contributed by atoms with Crippen LogP contribution in [0, 0.1) is 11.3 Å². The monoisotopic (exact) mass is 352 g/mol. The summed E-state index contributed by atoms with van der Waals surface area (Å²) in [6.07, 6.45) is 7.63. The van der Waals surface area contributed by atoms with Gasteiger partial charge in [0.05, 0.1) is 11.7 Å². The number of aromatic nitrogens is 2. The van der Waals surface area contributed by atoms with Crippen LogP contribution in [0.5, 0.6) is 0 Å². The molecule has 2 saturated heterocycles. The highest BCUT2D eigenvalue weighted by Gasteiger charge is 2.50. The second kappa shape index (κ2) is 5.56. The number of rotatable bonds is 4. The maximum absolute atomic E-state index is 12.8. The molecule has 1 saturated carbocycles. The Labute approximate surface area is 142 Å². The topological polar surface area (TPSA) is 75.5 Å². The largest absolute Gasteiger partial charge is 0.342 e. The maximum Gasteiger partial charge on any atom is 0.262 e. The van der Waals surface area contributed by atoms with E-state index in [1.807, 2.05) is 4.90 Å². The van der Waals surface area contributed by atoms with Crippen molar-refractivity contribution in [3.63, 3.8) is 0 Å². The molecular formula is C16H24N4O3S. The summed E-state index contributed by atoms with van der Waals surface area (Å²) in [4.78, 5) is 18.8. The summed E-state index contributed by atoms with van der Waals surface area (Å²) in [5.41, 5.74) is -0.328. The molecule has 3 fully saturated rings. The first-order chi connectivity index (χ1) is 11.4. The average Bonchev–Trinajstić information content (AvgIpc) is 3.20. The lowest BCUT2D eigenvalue weighted by Gasteiger charge is -2.36. The summed E-state index contributed by atoms with van der Waals surface area (Å²) in [5, 5.41) is 0.0917. The Morgan fingerprint density at radius 2 is 1.88 bits per heavy atom. The van der Waals surface area contributed by atoms with Crippen LogP contribution in [-0.4, -0.2) is 59.3 Å². The van der Waals surface area contributed by atoms with E-state index in [0.29, 0.717) is 31.8 Å². The molecule has 1 spiro atoms. The fraction of sp³-hybridized carbons (Fsp3) is 0.750. The Bertz CT molecular complexity index is 745. The van der Waals surface area contributed by atoms with Gasteiger partial charge in [0.15, 0.2) is 5.03 Å². The highest BCUT2D eigenvalue weighted by atomic mass is 32.2. The number of hydrogen-bond acceptors (Lipinski definition) is 4. The number of likely N-dealkylation sites (tertiary alicyclic amines) is 1. The van der Waals surface area contributed by atoms with Crippen LogP contribution >= 0.6 is 0 Å². The average molecular weight is 352 g/mol. The highest BCUT2D eigenvalue weighted by molar-refractivity contribution is 7.89. The zero-order valence-electron chi connectivity index (χ0n) is 14.0. The van der Waals surface area contributed by atoms with E-state index in [1.54, 1.807) is 11.6 Å². The van der Waals surface area contributed by atoms with Gasteiger partial charge in [0.2, 0.25) is 5.91 Å². The smallest absolute Gasteiger partial charge is 0.262 e. The second-order valence-electron chi connectivity index (χ2n) is 7.51. The first-order valence-electron chi connectivity index (χ1n) is 8.68. The molecular weight excluding hydrogens is 328 g/mol. The molecule has 24 heavy (non-hydrogen) atoms. The van der Waals surface area contributed by atoms with E-state index >= 15 is 0 Å². The van der Waals surface area contributed by atoms with Gasteiger partial charge < -0.3 is 9.47 Å². The van der Waals surface area contributed by atoms with Gasteiger partial charge in [-0.15, -0.1) is 0 Å². The third kappa shape index (κ3) is 2.65. The summed E-state index contributed by atoms with van der Waals surface area (Å²) >= 11 is 0. The van der Waals surface area contributed by atoms with Gasteiger partial charge in [-0.3, -0.25) is 4.79 Å². The van der Waals surface area contributed by atoms with Crippen molar-refractivity contribution in [2.24, 2.45) is 18.4 Å². The normalized spacial score (nSPS) is 24.9. The van der Waals surface area contributed by atoms with Crippen molar-refractivity contribution in [2.45, 2.75) is 37.1 Å². The summed E-state index contributed by atoms with van der Waals surface area (Å²) in [7, 11) is -1.80. The van der Waals surface area contributed by atoms with Crippen molar-refractivity contribution in [1.29, 1.82) is 0 Å². The molecule has 4 rings (SSSR count). The van der Waals surface area contributed by atoms with Crippen LogP contribution in [0.2, 0.25) is 0 Å². The van der Waals surface area contributed by atoms with E-state index in [1.165, 1.54) is 29.7 Å². The Morgan fingerprint density at radius 3 is 2.46 bits per heavy atom. The van der Waals surface area contributed by atoms with Gasteiger partial charge >= 0.3 is 0 Å². The summed E-state index contributed by atoms with van der Waals surface area (Å²) < 4.78 is 28.4. The van der Waals surface area contributed by atoms with Crippen LogP contribution in [0.25, 0.3) is 0 Å². The molecule has 132 valence electrons. The van der Waals surface area contributed by atoms with E-state index in [0.717, 1.165) is 19.5 Å². The molecule has 0 radical (unpaired) electrons. The number of carbonyl (C=O) groups excluding carboxylic acids is 1. The minimum Gasteiger partial charge on any atom is -0.342 e. The molecule has 1 aromatic heterocycles. The zero-order chi connectivity index (χ0) is 16.9. The Kier molecular flexibility index (Phi) is 3.72. The minimum absolute atomic E-state index is 0.0917. The molecule has 2 aliphatic heterocycles. The molecule has 0 N–H and O–H groups in total. The first-order valence-corrected chi connectivity index (χ1v) is 10.1. The van der Waals surface area contributed by atoms with Crippen LogP contribution < -0.4 is 0 Å². The quantitative estimate of drug-likeness (QED) is 0.804. The third-order valence-electron chi connectivity index (χ3n) is 5.74. The standard InChI is InChI=1S/C16H24N4O3S/c1-18-11-14(17-12-18)24(22,23)20-8-5-16(6-9-20)4-7-19(15(16)21)10-13-2-3-13/h11-13H,2-10H2,1H3. The first kappa shape index (κ1) is 16.1. The van der Waals surface area contributed by atoms with E-state index in [9.17, 15) is 13.2 Å². The molecule has 1 amide bonds. The second-order valence-corrected chi connectivity index (χ2v) is 9.39. The Hall–Kier alpha value is -1.41. The SMILES string of the molecule is Cn1cnc(S(=O)(=O)N2CCC3(CCN(CC4CC4)C3=O)CC2)c1. The van der Waals surface area contributed by atoms with Crippen molar-refractivity contribution in [3.8, 4) is 0 Å². The maximum atomic E-state index is 12.8.